The normalized spacial score (nSPS) is 12.6. The lowest BCUT2D eigenvalue weighted by Crippen LogP contribution is -2.55. The molecule has 10 nitrogen and oxygen atoms in total. The summed E-state index contributed by atoms with van der Waals surface area (Å²) in [6.45, 7) is 11.9. The molecule has 36 heavy (non-hydrogen) atoms. The fourth-order valence-electron chi connectivity index (χ4n) is 3.43. The maximum atomic E-state index is 13.7. The zero-order valence-corrected chi connectivity index (χ0v) is 22.2. The van der Waals surface area contributed by atoms with Crippen LogP contribution in [0.25, 0.3) is 0 Å². The summed E-state index contributed by atoms with van der Waals surface area (Å²) in [5, 5.41) is 14.8. The molecule has 0 aliphatic rings. The highest BCUT2D eigenvalue weighted by Gasteiger charge is 2.37. The molecule has 0 spiro atoms. The number of alkyl carbamates (subject to hydrolysis) is 1. The van der Waals surface area contributed by atoms with Crippen molar-refractivity contribution < 1.29 is 28.7 Å². The van der Waals surface area contributed by atoms with Crippen LogP contribution in [-0.2, 0) is 23.9 Å². The van der Waals surface area contributed by atoms with Gasteiger partial charge in [0.15, 0.2) is 0 Å². The third-order valence-corrected chi connectivity index (χ3v) is 4.98. The Morgan fingerprint density at radius 3 is 2.36 bits per heavy atom. The standard InChI is InChI=1S/C26H38N4O6/c1-8-35-20(31)12-14-28-23(32)22(19-11-9-10-18(4)16-19)30(15-13-27)24(33)21(17(2)3)29-25(34)36-26(5,6)7/h9-11,16-17,21-22H,8,12,14-15H2,1-7H3,(H,28,32)(H,29,34). The van der Waals surface area contributed by atoms with E-state index in [0.717, 1.165) is 10.5 Å². The summed E-state index contributed by atoms with van der Waals surface area (Å²) in [6.07, 6.45) is -0.821. The minimum atomic E-state index is -1.17. The monoisotopic (exact) mass is 502 g/mol. The van der Waals surface area contributed by atoms with E-state index in [2.05, 4.69) is 10.6 Å². The van der Waals surface area contributed by atoms with Crippen molar-refractivity contribution in [3.8, 4) is 6.07 Å². The van der Waals surface area contributed by atoms with Crippen LogP contribution in [0.4, 0.5) is 4.79 Å². The highest BCUT2D eigenvalue weighted by molar-refractivity contribution is 5.92. The Balaban J connectivity index is 3.32. The third kappa shape index (κ3) is 9.94. The van der Waals surface area contributed by atoms with Gasteiger partial charge < -0.3 is 25.0 Å². The smallest absolute Gasteiger partial charge is 0.408 e. The van der Waals surface area contributed by atoms with Gasteiger partial charge in [-0.25, -0.2) is 4.79 Å². The molecule has 1 aromatic rings. The largest absolute Gasteiger partial charge is 0.466 e. The number of nitrogens with zero attached hydrogens (tertiary/aromatic N) is 2. The minimum absolute atomic E-state index is 0.00165. The molecule has 0 bridgehead atoms. The molecule has 3 amide bonds. The summed E-state index contributed by atoms with van der Waals surface area (Å²) < 4.78 is 10.2. The Morgan fingerprint density at radius 1 is 1.17 bits per heavy atom. The molecular formula is C26H38N4O6. The minimum Gasteiger partial charge on any atom is -0.466 e. The molecule has 2 N–H and O–H groups in total. The van der Waals surface area contributed by atoms with Crippen molar-refractivity contribution in [1.29, 1.82) is 5.26 Å². The molecule has 2 unspecified atom stereocenters. The first-order valence-electron chi connectivity index (χ1n) is 12.0. The molecule has 0 saturated carbocycles. The molecule has 1 rings (SSSR count). The van der Waals surface area contributed by atoms with Gasteiger partial charge in [-0.15, -0.1) is 0 Å². The topological polar surface area (TPSA) is 138 Å². The van der Waals surface area contributed by atoms with Gasteiger partial charge in [0.05, 0.1) is 19.1 Å². The second kappa shape index (κ2) is 14.1. The SMILES string of the molecule is CCOC(=O)CCNC(=O)C(c1cccc(C)c1)N(CC#N)C(=O)C(NC(=O)OC(C)(C)C)C(C)C. The van der Waals surface area contributed by atoms with Crippen LogP contribution in [0.1, 0.15) is 65.1 Å². The van der Waals surface area contributed by atoms with Gasteiger partial charge in [-0.1, -0.05) is 43.7 Å². The number of carbonyl (C=O) groups is 4. The lowest BCUT2D eigenvalue weighted by Gasteiger charge is -2.34. The quantitative estimate of drug-likeness (QED) is 0.350. The van der Waals surface area contributed by atoms with Crippen molar-refractivity contribution in [3.63, 3.8) is 0 Å². The van der Waals surface area contributed by atoms with Crippen LogP contribution in [-0.4, -0.2) is 60.1 Å². The molecule has 198 valence electrons. The number of esters is 1. The van der Waals surface area contributed by atoms with Crippen molar-refractivity contribution in [2.24, 2.45) is 5.92 Å². The highest BCUT2D eigenvalue weighted by Crippen LogP contribution is 2.24. The predicted molar refractivity (Wildman–Crippen MR) is 134 cm³/mol. The summed E-state index contributed by atoms with van der Waals surface area (Å²) >= 11 is 0. The van der Waals surface area contributed by atoms with E-state index < -0.39 is 48.1 Å². The first-order valence-corrected chi connectivity index (χ1v) is 12.0. The number of hydrogen-bond donors (Lipinski definition) is 2. The number of amides is 3. The molecule has 2 atom stereocenters. The second-order valence-corrected chi connectivity index (χ2v) is 9.65. The van der Waals surface area contributed by atoms with E-state index in [0.29, 0.717) is 5.56 Å². The summed E-state index contributed by atoms with van der Waals surface area (Å²) in [7, 11) is 0. The van der Waals surface area contributed by atoms with Crippen LogP contribution in [0, 0.1) is 24.2 Å². The first kappa shape index (κ1) is 30.4. The molecular weight excluding hydrogens is 464 g/mol. The predicted octanol–water partition coefficient (Wildman–Crippen LogP) is 3.01. The summed E-state index contributed by atoms with van der Waals surface area (Å²) in [5.74, 6) is -2.00. The van der Waals surface area contributed by atoms with Crippen LogP contribution >= 0.6 is 0 Å². The van der Waals surface area contributed by atoms with Crippen molar-refractivity contribution in [3.05, 3.63) is 35.4 Å². The van der Waals surface area contributed by atoms with Gasteiger partial charge in [-0.05, 0) is 46.1 Å². The van der Waals surface area contributed by atoms with Gasteiger partial charge in [0.1, 0.15) is 24.2 Å². The number of benzene rings is 1. The van der Waals surface area contributed by atoms with Crippen LogP contribution in [0.2, 0.25) is 0 Å². The fraction of sp³-hybridized carbons (Fsp3) is 0.577. The van der Waals surface area contributed by atoms with Crippen LogP contribution < -0.4 is 10.6 Å². The molecule has 0 aromatic heterocycles. The Hall–Kier alpha value is -3.61. The summed E-state index contributed by atoms with van der Waals surface area (Å²) in [5.41, 5.74) is 0.574. The van der Waals surface area contributed by atoms with Crippen molar-refractivity contribution in [2.75, 3.05) is 19.7 Å². The highest BCUT2D eigenvalue weighted by atomic mass is 16.6. The molecule has 0 radical (unpaired) electrons. The lowest BCUT2D eigenvalue weighted by molar-refractivity contribution is -0.144. The number of rotatable bonds is 11. The van der Waals surface area contributed by atoms with E-state index in [-0.39, 0.29) is 25.5 Å². The Morgan fingerprint density at radius 2 is 1.83 bits per heavy atom. The summed E-state index contributed by atoms with van der Waals surface area (Å²) in [6, 6.07) is 6.76. The van der Waals surface area contributed by atoms with Crippen molar-refractivity contribution in [1.82, 2.24) is 15.5 Å². The Bertz CT molecular complexity index is 964. The zero-order chi connectivity index (χ0) is 27.5. The van der Waals surface area contributed by atoms with Gasteiger partial charge in [0.2, 0.25) is 11.8 Å². The number of carbonyl (C=O) groups excluding carboxylic acids is 4. The molecule has 0 aliphatic heterocycles. The number of nitriles is 1. The van der Waals surface area contributed by atoms with Gasteiger partial charge in [-0.3, -0.25) is 14.4 Å². The third-order valence-electron chi connectivity index (χ3n) is 4.98. The van der Waals surface area contributed by atoms with Crippen LogP contribution in [0.15, 0.2) is 24.3 Å². The average molecular weight is 503 g/mol. The molecule has 1 aromatic carbocycles. The zero-order valence-electron chi connectivity index (χ0n) is 22.2. The van der Waals surface area contributed by atoms with Crippen LogP contribution in [0.5, 0.6) is 0 Å². The van der Waals surface area contributed by atoms with E-state index in [4.69, 9.17) is 9.47 Å². The Labute approximate surface area is 213 Å². The van der Waals surface area contributed by atoms with Gasteiger partial charge in [0, 0.05) is 6.54 Å². The van der Waals surface area contributed by atoms with Gasteiger partial charge in [0.25, 0.3) is 0 Å². The number of ether oxygens (including phenoxy) is 2. The number of hydrogen-bond acceptors (Lipinski definition) is 7. The number of aryl methyl sites for hydroxylation is 1. The van der Waals surface area contributed by atoms with E-state index in [1.54, 1.807) is 59.7 Å². The molecule has 0 heterocycles. The maximum Gasteiger partial charge on any atom is 0.408 e. The van der Waals surface area contributed by atoms with E-state index in [1.807, 2.05) is 19.1 Å². The lowest BCUT2D eigenvalue weighted by atomic mass is 9.98. The van der Waals surface area contributed by atoms with Crippen molar-refractivity contribution >= 4 is 23.9 Å². The van der Waals surface area contributed by atoms with Gasteiger partial charge >= 0.3 is 12.1 Å². The average Bonchev–Trinajstić information content (AvgIpc) is 2.75. The number of nitrogens with one attached hydrogen (secondary N) is 2. The van der Waals surface area contributed by atoms with Gasteiger partial charge in [-0.2, -0.15) is 5.26 Å². The molecule has 0 saturated heterocycles. The van der Waals surface area contributed by atoms with Crippen molar-refractivity contribution in [2.45, 2.75) is 72.6 Å². The maximum absolute atomic E-state index is 13.7. The van der Waals surface area contributed by atoms with E-state index in [9.17, 15) is 24.4 Å². The summed E-state index contributed by atoms with van der Waals surface area (Å²) in [4.78, 5) is 52.3. The molecule has 0 aliphatic carbocycles. The second-order valence-electron chi connectivity index (χ2n) is 9.65. The fourth-order valence-corrected chi connectivity index (χ4v) is 3.43. The van der Waals surface area contributed by atoms with E-state index in [1.165, 1.54) is 0 Å². The van der Waals surface area contributed by atoms with Crippen LogP contribution in [0.3, 0.4) is 0 Å². The van der Waals surface area contributed by atoms with E-state index >= 15 is 0 Å². The molecule has 10 heteroatoms. The Kier molecular flexibility index (Phi) is 11.9. The molecule has 0 fully saturated rings. The first-order chi connectivity index (χ1) is 16.8.